The second-order valence-corrected chi connectivity index (χ2v) is 5.39. The van der Waals surface area contributed by atoms with E-state index < -0.39 is 0 Å². The van der Waals surface area contributed by atoms with E-state index in [2.05, 4.69) is 15.7 Å². The number of piperidine rings is 1. The molecule has 3 rings (SSSR count). The molecule has 1 aliphatic heterocycles. The van der Waals surface area contributed by atoms with E-state index in [-0.39, 0.29) is 24.4 Å². The molecular formula is C16H21ClN4O. The number of amides is 1. The van der Waals surface area contributed by atoms with Gasteiger partial charge in [0.05, 0.1) is 12.6 Å². The van der Waals surface area contributed by atoms with Crippen molar-refractivity contribution in [3.05, 3.63) is 48.3 Å². The van der Waals surface area contributed by atoms with E-state index in [1.165, 1.54) is 0 Å². The van der Waals surface area contributed by atoms with Crippen molar-refractivity contribution in [1.82, 2.24) is 15.1 Å². The Hall–Kier alpha value is -1.85. The van der Waals surface area contributed by atoms with E-state index in [9.17, 15) is 4.79 Å². The van der Waals surface area contributed by atoms with Crippen molar-refractivity contribution in [2.24, 2.45) is 0 Å². The van der Waals surface area contributed by atoms with Crippen LogP contribution >= 0.6 is 12.4 Å². The van der Waals surface area contributed by atoms with Gasteiger partial charge in [0, 0.05) is 18.1 Å². The third-order valence-electron chi connectivity index (χ3n) is 3.75. The van der Waals surface area contributed by atoms with Gasteiger partial charge in [-0.3, -0.25) is 9.48 Å². The van der Waals surface area contributed by atoms with Crippen molar-refractivity contribution < 1.29 is 4.79 Å². The highest BCUT2D eigenvalue weighted by Gasteiger charge is 2.20. The van der Waals surface area contributed by atoms with Gasteiger partial charge in [-0.05, 0) is 43.1 Å². The lowest BCUT2D eigenvalue weighted by Crippen LogP contribution is -2.43. The summed E-state index contributed by atoms with van der Waals surface area (Å²) in [6.45, 7) is 1.67. The van der Waals surface area contributed by atoms with Crippen LogP contribution in [0.2, 0.25) is 0 Å². The number of halogens is 1. The molecule has 0 radical (unpaired) electrons. The monoisotopic (exact) mass is 320 g/mol. The number of aromatic nitrogens is 2. The molecule has 0 aliphatic carbocycles. The largest absolute Gasteiger partial charge is 0.325 e. The minimum absolute atomic E-state index is 0. The van der Waals surface area contributed by atoms with Crippen LogP contribution in [-0.4, -0.2) is 28.3 Å². The normalized spacial score (nSPS) is 17.5. The zero-order chi connectivity index (χ0) is 14.5. The van der Waals surface area contributed by atoms with Crippen molar-refractivity contribution in [2.75, 3.05) is 11.9 Å². The molecular weight excluding hydrogens is 300 g/mol. The number of carbonyl (C=O) groups excluding carboxylic acids is 1. The molecule has 1 aliphatic rings. The molecule has 2 heterocycles. The fourth-order valence-electron chi connectivity index (χ4n) is 2.58. The van der Waals surface area contributed by atoms with Crippen LogP contribution in [0.3, 0.4) is 0 Å². The molecule has 1 unspecified atom stereocenters. The van der Waals surface area contributed by atoms with Crippen LogP contribution in [0.1, 0.15) is 24.8 Å². The smallest absolute Gasteiger partial charge is 0.241 e. The Labute approximate surface area is 136 Å². The lowest BCUT2D eigenvalue weighted by molar-refractivity contribution is -0.118. The number of hydrogen-bond acceptors (Lipinski definition) is 3. The van der Waals surface area contributed by atoms with Gasteiger partial charge in [-0.1, -0.05) is 18.6 Å². The van der Waals surface area contributed by atoms with Gasteiger partial charge in [0.1, 0.15) is 0 Å². The Morgan fingerprint density at radius 1 is 1.32 bits per heavy atom. The molecule has 1 atom stereocenters. The quantitative estimate of drug-likeness (QED) is 0.909. The van der Waals surface area contributed by atoms with Crippen LogP contribution in [-0.2, 0) is 11.3 Å². The first-order valence-corrected chi connectivity index (χ1v) is 7.42. The predicted molar refractivity (Wildman–Crippen MR) is 89.3 cm³/mol. The Kier molecular flexibility index (Phi) is 5.98. The average Bonchev–Trinajstić information content (AvgIpc) is 3.03. The van der Waals surface area contributed by atoms with Crippen LogP contribution in [0.15, 0.2) is 42.7 Å². The van der Waals surface area contributed by atoms with E-state index >= 15 is 0 Å². The first-order chi connectivity index (χ1) is 10.3. The van der Waals surface area contributed by atoms with E-state index in [1.54, 1.807) is 6.20 Å². The van der Waals surface area contributed by atoms with Crippen molar-refractivity contribution in [2.45, 2.75) is 31.8 Å². The summed E-state index contributed by atoms with van der Waals surface area (Å²) >= 11 is 0. The summed E-state index contributed by atoms with van der Waals surface area (Å²) in [6, 6.07) is 9.78. The van der Waals surface area contributed by atoms with Crippen LogP contribution in [0.5, 0.6) is 0 Å². The van der Waals surface area contributed by atoms with E-state index in [0.717, 1.165) is 43.6 Å². The van der Waals surface area contributed by atoms with Crippen LogP contribution in [0.4, 0.5) is 5.69 Å². The molecule has 1 fully saturated rings. The highest BCUT2D eigenvalue weighted by atomic mass is 35.5. The third kappa shape index (κ3) is 4.32. The summed E-state index contributed by atoms with van der Waals surface area (Å²) in [5.74, 6) is 0.0644. The zero-order valence-corrected chi connectivity index (χ0v) is 13.2. The van der Waals surface area contributed by atoms with Crippen molar-refractivity contribution >= 4 is 24.0 Å². The molecule has 118 valence electrons. The number of rotatable bonds is 4. The molecule has 6 heteroatoms. The Bertz CT molecular complexity index is 577. The van der Waals surface area contributed by atoms with Crippen molar-refractivity contribution in [3.8, 4) is 0 Å². The molecule has 2 N–H and O–H groups in total. The second kappa shape index (κ2) is 7.96. The summed E-state index contributed by atoms with van der Waals surface area (Å²) in [5, 5.41) is 10.4. The van der Waals surface area contributed by atoms with Crippen LogP contribution < -0.4 is 10.6 Å². The molecule has 22 heavy (non-hydrogen) atoms. The maximum absolute atomic E-state index is 12.1. The Balaban J connectivity index is 0.00000176. The molecule has 2 aromatic rings. The SMILES string of the molecule is Cl.O=C(Nc1ccc(Cn2cccn2)cc1)C1CCCCN1. The fraction of sp³-hybridized carbons (Fsp3) is 0.375. The van der Waals surface area contributed by atoms with Gasteiger partial charge >= 0.3 is 0 Å². The topological polar surface area (TPSA) is 59.0 Å². The number of hydrogen-bond donors (Lipinski definition) is 2. The second-order valence-electron chi connectivity index (χ2n) is 5.39. The van der Waals surface area contributed by atoms with Gasteiger partial charge in [-0.25, -0.2) is 0 Å². The minimum atomic E-state index is -0.0532. The molecule has 1 aromatic carbocycles. The molecule has 1 saturated heterocycles. The highest BCUT2D eigenvalue weighted by Crippen LogP contribution is 2.13. The Morgan fingerprint density at radius 3 is 2.77 bits per heavy atom. The standard InChI is InChI=1S/C16H20N4O.ClH/c21-16(15-4-1-2-9-17-15)19-14-7-5-13(6-8-14)12-20-11-3-10-18-20;/h3,5-8,10-11,15,17H,1-2,4,9,12H2,(H,19,21);1H. The summed E-state index contributed by atoms with van der Waals surface area (Å²) in [4.78, 5) is 12.1. The molecule has 0 bridgehead atoms. The van der Waals surface area contributed by atoms with Crippen molar-refractivity contribution in [1.29, 1.82) is 0 Å². The van der Waals surface area contributed by atoms with Gasteiger partial charge in [-0.2, -0.15) is 5.10 Å². The van der Waals surface area contributed by atoms with E-state index in [4.69, 9.17) is 0 Å². The predicted octanol–water partition coefficient (Wildman–Crippen LogP) is 2.43. The van der Waals surface area contributed by atoms with E-state index in [0.29, 0.717) is 0 Å². The molecule has 0 spiro atoms. The summed E-state index contributed by atoms with van der Waals surface area (Å²) in [5.41, 5.74) is 2.00. The molecule has 0 saturated carbocycles. The fourth-order valence-corrected chi connectivity index (χ4v) is 2.58. The van der Waals surface area contributed by atoms with Gasteiger partial charge in [-0.15, -0.1) is 12.4 Å². The van der Waals surface area contributed by atoms with Gasteiger partial charge < -0.3 is 10.6 Å². The zero-order valence-electron chi connectivity index (χ0n) is 12.4. The number of carbonyl (C=O) groups is 1. The highest BCUT2D eigenvalue weighted by molar-refractivity contribution is 5.94. The lowest BCUT2D eigenvalue weighted by atomic mass is 10.0. The first-order valence-electron chi connectivity index (χ1n) is 7.42. The third-order valence-corrected chi connectivity index (χ3v) is 3.75. The van der Waals surface area contributed by atoms with Crippen LogP contribution in [0, 0.1) is 0 Å². The van der Waals surface area contributed by atoms with Gasteiger partial charge in [0.2, 0.25) is 5.91 Å². The molecule has 5 nitrogen and oxygen atoms in total. The minimum Gasteiger partial charge on any atom is -0.325 e. The number of nitrogens with zero attached hydrogens (tertiary/aromatic N) is 2. The first kappa shape index (κ1) is 16.5. The maximum atomic E-state index is 12.1. The van der Waals surface area contributed by atoms with E-state index in [1.807, 2.05) is 41.2 Å². The number of benzene rings is 1. The van der Waals surface area contributed by atoms with Crippen LogP contribution in [0.25, 0.3) is 0 Å². The Morgan fingerprint density at radius 2 is 2.14 bits per heavy atom. The maximum Gasteiger partial charge on any atom is 0.241 e. The molecule has 1 aromatic heterocycles. The summed E-state index contributed by atoms with van der Waals surface area (Å²) < 4.78 is 1.87. The van der Waals surface area contributed by atoms with Crippen molar-refractivity contribution in [3.63, 3.8) is 0 Å². The van der Waals surface area contributed by atoms with Gasteiger partial charge in [0.25, 0.3) is 0 Å². The lowest BCUT2D eigenvalue weighted by Gasteiger charge is -2.22. The van der Waals surface area contributed by atoms with Gasteiger partial charge in [0.15, 0.2) is 0 Å². The molecule has 1 amide bonds. The average molecular weight is 321 g/mol. The number of nitrogens with one attached hydrogen (secondary N) is 2. The number of anilines is 1. The summed E-state index contributed by atoms with van der Waals surface area (Å²) in [7, 11) is 0. The summed E-state index contributed by atoms with van der Waals surface area (Å²) in [6.07, 6.45) is 6.90.